The highest BCUT2D eigenvalue weighted by molar-refractivity contribution is 7.48. The molecule has 3 aliphatic rings. The van der Waals surface area contributed by atoms with Gasteiger partial charge >= 0.3 is 19.2 Å². The molecule has 8 atom stereocenters. The third-order valence-corrected chi connectivity index (χ3v) is 8.71. The number of hydrogen-bond acceptors (Lipinski definition) is 13. The summed E-state index contributed by atoms with van der Waals surface area (Å²) in [6.45, 7) is 0.256. The van der Waals surface area contributed by atoms with Gasteiger partial charge in [0.25, 0.3) is 11.1 Å². The van der Waals surface area contributed by atoms with Crippen LogP contribution in [-0.4, -0.2) is 86.8 Å². The van der Waals surface area contributed by atoms with Gasteiger partial charge in [-0.1, -0.05) is 0 Å². The number of aryl methyl sites for hydroxylation is 2. The third kappa shape index (κ3) is 5.95. The summed E-state index contributed by atoms with van der Waals surface area (Å²) in [6, 6.07) is 0. The first kappa shape index (κ1) is 29.8. The molecule has 18 heteroatoms. The van der Waals surface area contributed by atoms with Crippen LogP contribution in [0.2, 0.25) is 0 Å². The first-order valence-electron chi connectivity index (χ1n) is 12.9. The van der Waals surface area contributed by atoms with E-state index in [0.29, 0.717) is 0 Å². The Morgan fingerprint density at radius 3 is 2.54 bits per heavy atom. The van der Waals surface area contributed by atoms with Crippen molar-refractivity contribution >= 4 is 7.82 Å². The molecule has 3 aliphatic heterocycles. The average Bonchev–Trinajstić information content (AvgIpc) is 3.47. The van der Waals surface area contributed by atoms with Crippen LogP contribution in [0.3, 0.4) is 0 Å². The number of fused-ring (bicyclic) bond motifs is 5. The highest BCUT2D eigenvalue weighted by Crippen LogP contribution is 2.53. The van der Waals surface area contributed by atoms with Crippen LogP contribution in [0, 0.1) is 6.92 Å². The Labute approximate surface area is 231 Å². The second-order valence-corrected chi connectivity index (χ2v) is 11.5. The van der Waals surface area contributed by atoms with E-state index in [1.165, 1.54) is 26.4 Å². The number of aromatic nitrogens is 4. The Morgan fingerprint density at radius 2 is 1.80 bits per heavy atom. The van der Waals surface area contributed by atoms with Crippen LogP contribution in [0.25, 0.3) is 0 Å². The lowest BCUT2D eigenvalue weighted by atomic mass is 10.1. The van der Waals surface area contributed by atoms with E-state index in [4.69, 9.17) is 27.8 Å². The van der Waals surface area contributed by atoms with Crippen LogP contribution in [-0.2, 0) is 38.8 Å². The van der Waals surface area contributed by atoms with E-state index in [2.05, 4.69) is 9.97 Å². The van der Waals surface area contributed by atoms with Gasteiger partial charge in [-0.3, -0.25) is 42.3 Å². The minimum absolute atomic E-state index is 0.0617. The van der Waals surface area contributed by atoms with Crippen molar-refractivity contribution in [2.24, 2.45) is 0 Å². The Kier molecular flexibility index (Phi) is 8.61. The quantitative estimate of drug-likeness (QED) is 0.284. The second-order valence-electron chi connectivity index (χ2n) is 9.93. The Balaban J connectivity index is 1.39. The molecule has 5 rings (SSSR count). The highest BCUT2D eigenvalue weighted by Gasteiger charge is 2.48. The molecule has 2 aromatic heterocycles. The number of H-pyrrole nitrogens is 2. The second kappa shape index (κ2) is 11.9. The zero-order valence-electron chi connectivity index (χ0n) is 22.2. The molecule has 0 unspecified atom stereocenters. The van der Waals surface area contributed by atoms with Gasteiger partial charge in [-0.05, 0) is 19.8 Å². The first-order valence-corrected chi connectivity index (χ1v) is 14.4. The molecule has 2 aromatic rings. The molecule has 17 nitrogen and oxygen atoms in total. The highest BCUT2D eigenvalue weighted by atomic mass is 31.2. The maximum absolute atomic E-state index is 13.8. The smallest absolute Gasteiger partial charge is 0.394 e. The molecule has 41 heavy (non-hydrogen) atoms. The number of methoxy groups -OCH3 is 1. The molecule has 0 amide bonds. The van der Waals surface area contributed by atoms with Gasteiger partial charge < -0.3 is 24.4 Å². The Bertz CT molecular complexity index is 1550. The minimum atomic E-state index is -4.44. The SMILES string of the molecule is CO[C@@H]1[C@H](O)[C@H]2CO[P@](=O)(O[C@H]3C[C@H](n4cc(C)c(=O)[nH]c4=O)O[C@@H]3CO)OCCCc3cn(c(=O)[nH]c3=O)[C@@H]1O2. The largest absolute Gasteiger partial charge is 0.475 e. The summed E-state index contributed by atoms with van der Waals surface area (Å²) in [4.78, 5) is 53.5. The number of ether oxygens (including phenoxy) is 3. The fraction of sp³-hybridized carbons (Fsp3) is 0.652. The molecule has 4 bridgehead atoms. The fourth-order valence-corrected chi connectivity index (χ4v) is 6.47. The number of hydrogen-bond donors (Lipinski definition) is 4. The maximum atomic E-state index is 13.8. The lowest BCUT2D eigenvalue weighted by molar-refractivity contribution is -0.0672. The zero-order chi connectivity index (χ0) is 29.5. The molecule has 4 N–H and O–H groups in total. The zero-order valence-corrected chi connectivity index (χ0v) is 23.1. The summed E-state index contributed by atoms with van der Waals surface area (Å²) >= 11 is 0. The van der Waals surface area contributed by atoms with E-state index in [-0.39, 0.29) is 37.0 Å². The van der Waals surface area contributed by atoms with Crippen molar-refractivity contribution in [1.29, 1.82) is 0 Å². The molecule has 2 saturated heterocycles. The van der Waals surface area contributed by atoms with E-state index < -0.39 is 86.5 Å². The molecular weight excluding hydrogens is 571 g/mol. The number of aliphatic hydroxyl groups is 2. The molecule has 5 heterocycles. The van der Waals surface area contributed by atoms with E-state index in [1.54, 1.807) is 0 Å². The van der Waals surface area contributed by atoms with Gasteiger partial charge in [0.1, 0.15) is 36.7 Å². The van der Waals surface area contributed by atoms with E-state index >= 15 is 0 Å². The molecule has 0 spiro atoms. The van der Waals surface area contributed by atoms with Crippen molar-refractivity contribution in [3.8, 4) is 0 Å². The van der Waals surface area contributed by atoms with Crippen molar-refractivity contribution in [2.75, 3.05) is 26.9 Å². The Hall–Kier alpha value is -2.73. The number of nitrogens with zero attached hydrogens (tertiary/aromatic N) is 2. The Morgan fingerprint density at radius 1 is 1.07 bits per heavy atom. The minimum Gasteiger partial charge on any atom is -0.394 e. The fourth-order valence-electron chi connectivity index (χ4n) is 5.04. The number of nitrogens with one attached hydrogen (secondary N) is 2. The van der Waals surface area contributed by atoms with E-state index in [9.17, 15) is 34.0 Å². The molecule has 0 saturated carbocycles. The summed E-state index contributed by atoms with van der Waals surface area (Å²) in [5, 5.41) is 20.7. The summed E-state index contributed by atoms with van der Waals surface area (Å²) in [7, 11) is -3.13. The first-order chi connectivity index (χ1) is 19.5. The van der Waals surface area contributed by atoms with Gasteiger partial charge in [0.05, 0.1) is 19.8 Å². The topological polar surface area (TPSA) is 223 Å². The van der Waals surface area contributed by atoms with Crippen LogP contribution >= 0.6 is 7.82 Å². The standard InChI is InChI=1S/C23H31N4O13P/c1-11-7-26(22(32)24-19(11)30)16-6-13(14(9-28)38-16)40-41(34)36-5-3-4-12-8-27(23(33)25-20(12)31)21-18(35-2)17(29)15(39-21)10-37-41/h7-8,13-18,21,28-29H,3-6,9-10H2,1-2H3,(H,24,30,32)(H,25,31,33)/t13-,14+,15+,16+,17+,18+,21+,41+/m0/s1. The monoisotopic (exact) mass is 602 g/mol. The lowest BCUT2D eigenvalue weighted by Gasteiger charge is -2.25. The normalized spacial score (nSPS) is 34.1. The lowest BCUT2D eigenvalue weighted by Crippen LogP contribution is -2.40. The van der Waals surface area contributed by atoms with Gasteiger partial charge in [-0.25, -0.2) is 14.2 Å². The maximum Gasteiger partial charge on any atom is 0.475 e. The van der Waals surface area contributed by atoms with Crippen LogP contribution < -0.4 is 22.5 Å². The van der Waals surface area contributed by atoms with Gasteiger partial charge in [-0.15, -0.1) is 0 Å². The molecular formula is C23H31N4O13P. The predicted octanol–water partition coefficient (Wildman–Crippen LogP) is -1.58. The number of aromatic amines is 2. The molecule has 2 fully saturated rings. The third-order valence-electron chi connectivity index (χ3n) is 7.22. The van der Waals surface area contributed by atoms with Crippen molar-refractivity contribution in [3.63, 3.8) is 0 Å². The number of aliphatic hydroxyl groups excluding tert-OH is 2. The molecule has 0 aliphatic carbocycles. The van der Waals surface area contributed by atoms with Crippen molar-refractivity contribution < 1.29 is 42.6 Å². The number of phosphoric ester groups is 1. The molecule has 226 valence electrons. The summed E-state index contributed by atoms with van der Waals surface area (Å²) < 4.78 is 49.9. The van der Waals surface area contributed by atoms with Crippen LogP contribution in [0.15, 0.2) is 31.6 Å². The molecule has 0 radical (unpaired) electrons. The van der Waals surface area contributed by atoms with Crippen molar-refractivity contribution in [3.05, 3.63) is 65.2 Å². The average molecular weight is 602 g/mol. The van der Waals surface area contributed by atoms with Crippen LogP contribution in [0.5, 0.6) is 0 Å². The van der Waals surface area contributed by atoms with Crippen molar-refractivity contribution in [1.82, 2.24) is 19.1 Å². The summed E-state index contributed by atoms with van der Waals surface area (Å²) in [6.07, 6.45) is -4.85. The predicted molar refractivity (Wildman–Crippen MR) is 136 cm³/mol. The van der Waals surface area contributed by atoms with Crippen LogP contribution in [0.4, 0.5) is 0 Å². The number of phosphoric acid groups is 1. The van der Waals surface area contributed by atoms with E-state index in [0.717, 1.165) is 9.13 Å². The van der Waals surface area contributed by atoms with Crippen LogP contribution in [0.1, 0.15) is 36.4 Å². The van der Waals surface area contributed by atoms with Gasteiger partial charge in [0.2, 0.25) is 0 Å². The van der Waals surface area contributed by atoms with E-state index in [1.807, 2.05) is 0 Å². The van der Waals surface area contributed by atoms with Crippen molar-refractivity contribution in [2.45, 2.75) is 69.2 Å². The summed E-state index contributed by atoms with van der Waals surface area (Å²) in [5.74, 6) is 0. The van der Waals surface area contributed by atoms with Gasteiger partial charge in [0, 0.05) is 37.1 Å². The van der Waals surface area contributed by atoms with Gasteiger partial charge in [-0.2, -0.15) is 0 Å². The summed E-state index contributed by atoms with van der Waals surface area (Å²) in [5.41, 5.74) is -2.21. The number of rotatable bonds is 5. The van der Waals surface area contributed by atoms with Gasteiger partial charge in [0.15, 0.2) is 6.23 Å². The molecule has 0 aromatic carbocycles.